The molecule has 1 heterocycles. The van der Waals surface area contributed by atoms with Gasteiger partial charge in [-0.2, -0.15) is 0 Å². The molecule has 0 aromatic heterocycles. The zero-order valence-electron chi connectivity index (χ0n) is 14.0. The third kappa shape index (κ3) is 1.02. The number of fused-ring (bicyclic) bond motifs is 1. The predicted molar refractivity (Wildman–Crippen MR) is 88.1 cm³/mol. The Morgan fingerprint density at radius 3 is 2.87 bits per heavy atom. The number of nitrogens with zero attached hydrogens (tertiary/aromatic N) is 1. The molecule has 0 aromatic rings. The molecular weight excluding hydrogens is 286 g/mol. The summed E-state index contributed by atoms with van der Waals surface area (Å²) in [7, 11) is 0. The fraction of sp³-hybridized carbons (Fsp3) is 0.850. The van der Waals surface area contributed by atoms with Crippen molar-refractivity contribution in [2.75, 3.05) is 0 Å². The average molecular weight is 313 g/mol. The molecule has 6 aliphatic carbocycles. The van der Waals surface area contributed by atoms with Gasteiger partial charge in [-0.1, -0.05) is 19.9 Å². The molecular formula is C20H27NO2. The molecule has 6 saturated carbocycles. The van der Waals surface area contributed by atoms with Crippen LogP contribution in [-0.4, -0.2) is 34.2 Å². The van der Waals surface area contributed by atoms with E-state index < -0.39 is 5.60 Å². The molecule has 9 atom stereocenters. The molecule has 2 spiro atoms. The molecule has 6 fully saturated rings. The third-order valence-electron chi connectivity index (χ3n) is 9.75. The Morgan fingerprint density at radius 1 is 1.22 bits per heavy atom. The molecule has 7 aliphatic rings. The monoisotopic (exact) mass is 313 g/mol. The maximum atomic E-state index is 12.0. The van der Waals surface area contributed by atoms with Crippen LogP contribution in [0.25, 0.3) is 0 Å². The summed E-state index contributed by atoms with van der Waals surface area (Å²) in [6.45, 7) is 6.50. The highest BCUT2D eigenvalue weighted by molar-refractivity contribution is 5.71. The maximum Gasteiger partial charge on any atom is 0.0829 e. The van der Waals surface area contributed by atoms with Gasteiger partial charge < -0.3 is 10.2 Å². The Morgan fingerprint density at radius 2 is 2.04 bits per heavy atom. The highest BCUT2D eigenvalue weighted by Crippen LogP contribution is 2.82. The van der Waals surface area contributed by atoms with Crippen LogP contribution < -0.4 is 0 Å². The lowest BCUT2D eigenvalue weighted by molar-refractivity contribution is -0.249. The van der Waals surface area contributed by atoms with E-state index in [4.69, 9.17) is 4.99 Å². The van der Waals surface area contributed by atoms with Crippen molar-refractivity contribution >= 4 is 6.21 Å². The van der Waals surface area contributed by atoms with E-state index in [1.807, 2.05) is 0 Å². The highest BCUT2D eigenvalue weighted by atomic mass is 16.3. The van der Waals surface area contributed by atoms with E-state index in [1.54, 1.807) is 0 Å². The molecule has 1 unspecified atom stereocenters. The summed E-state index contributed by atoms with van der Waals surface area (Å²) in [5, 5.41) is 23.2. The van der Waals surface area contributed by atoms with E-state index in [-0.39, 0.29) is 28.4 Å². The fourth-order valence-corrected chi connectivity index (χ4v) is 8.94. The Bertz CT molecular complexity index is 673. The molecule has 1 aliphatic heterocycles. The van der Waals surface area contributed by atoms with Crippen LogP contribution in [0.2, 0.25) is 0 Å². The van der Waals surface area contributed by atoms with E-state index in [0.717, 1.165) is 44.1 Å². The van der Waals surface area contributed by atoms with Crippen molar-refractivity contribution in [1.82, 2.24) is 0 Å². The van der Waals surface area contributed by atoms with Gasteiger partial charge in [-0.15, -0.1) is 0 Å². The Hall–Kier alpha value is -0.670. The second kappa shape index (κ2) is 3.48. The van der Waals surface area contributed by atoms with Crippen LogP contribution in [0.5, 0.6) is 0 Å². The quantitative estimate of drug-likeness (QED) is 0.676. The Labute approximate surface area is 137 Å². The van der Waals surface area contributed by atoms with E-state index in [1.165, 1.54) is 6.42 Å². The Kier molecular flexibility index (Phi) is 2.06. The molecule has 23 heavy (non-hydrogen) atoms. The van der Waals surface area contributed by atoms with Crippen molar-refractivity contribution in [2.24, 2.45) is 39.0 Å². The second-order valence-corrected chi connectivity index (χ2v) is 9.81. The van der Waals surface area contributed by atoms with Crippen LogP contribution in [0.4, 0.5) is 0 Å². The molecule has 6 bridgehead atoms. The van der Waals surface area contributed by atoms with E-state index in [2.05, 4.69) is 19.7 Å². The van der Waals surface area contributed by atoms with Crippen molar-refractivity contribution < 1.29 is 10.2 Å². The van der Waals surface area contributed by atoms with E-state index in [9.17, 15) is 10.2 Å². The zero-order chi connectivity index (χ0) is 15.8. The van der Waals surface area contributed by atoms with Gasteiger partial charge in [-0.05, 0) is 61.9 Å². The van der Waals surface area contributed by atoms with Crippen LogP contribution in [0.3, 0.4) is 0 Å². The van der Waals surface area contributed by atoms with Gasteiger partial charge in [0.25, 0.3) is 0 Å². The first-order valence-electron chi connectivity index (χ1n) is 9.54. The summed E-state index contributed by atoms with van der Waals surface area (Å²) in [6, 6.07) is 0.237. The van der Waals surface area contributed by atoms with Gasteiger partial charge in [-0.3, -0.25) is 4.99 Å². The number of aliphatic imine (C=N–C) groups is 1. The summed E-state index contributed by atoms with van der Waals surface area (Å²) in [5.74, 6) is 1.35. The fourth-order valence-electron chi connectivity index (χ4n) is 8.94. The molecule has 0 amide bonds. The van der Waals surface area contributed by atoms with Gasteiger partial charge in [-0.25, -0.2) is 0 Å². The van der Waals surface area contributed by atoms with Crippen LogP contribution in [0.1, 0.15) is 51.9 Å². The average Bonchev–Trinajstić information content (AvgIpc) is 2.62. The first kappa shape index (κ1) is 13.6. The van der Waals surface area contributed by atoms with Gasteiger partial charge in [0.15, 0.2) is 0 Å². The first-order valence-corrected chi connectivity index (χ1v) is 9.54. The summed E-state index contributed by atoms with van der Waals surface area (Å²) < 4.78 is 0. The number of aliphatic hydroxyl groups is 2. The molecule has 0 radical (unpaired) electrons. The van der Waals surface area contributed by atoms with Gasteiger partial charge >= 0.3 is 0 Å². The summed E-state index contributed by atoms with van der Waals surface area (Å²) in [6.07, 6.45) is 9.21. The molecule has 7 rings (SSSR count). The number of hydrogen-bond acceptors (Lipinski definition) is 3. The minimum Gasteiger partial charge on any atom is -0.388 e. The van der Waals surface area contributed by atoms with Crippen molar-refractivity contribution in [3.8, 4) is 0 Å². The predicted octanol–water partition coefficient (Wildman–Crippen LogP) is 2.71. The van der Waals surface area contributed by atoms with Gasteiger partial charge in [0.2, 0.25) is 0 Å². The minimum atomic E-state index is -0.610. The number of aliphatic hydroxyl groups excluding tert-OH is 1. The molecule has 0 aromatic carbocycles. The highest BCUT2D eigenvalue weighted by Gasteiger charge is 2.84. The van der Waals surface area contributed by atoms with Crippen LogP contribution in [-0.2, 0) is 0 Å². The van der Waals surface area contributed by atoms with Crippen LogP contribution >= 0.6 is 0 Å². The smallest absolute Gasteiger partial charge is 0.0829 e. The SMILES string of the molecule is C=C1[C@@H]2CC3[C@]4(CC[C@@]5(O)[C@@]36CCC[C@@]5(C)C=N[C@@H]6[C@H]4C2)[C@H]1O. The topological polar surface area (TPSA) is 52.8 Å². The lowest BCUT2D eigenvalue weighted by Crippen LogP contribution is -2.72. The first-order chi connectivity index (χ1) is 10.9. The zero-order valence-corrected chi connectivity index (χ0v) is 14.0. The lowest BCUT2D eigenvalue weighted by Gasteiger charge is -2.68. The number of rotatable bonds is 0. The second-order valence-electron chi connectivity index (χ2n) is 9.81. The van der Waals surface area contributed by atoms with Gasteiger partial charge in [0.05, 0.1) is 17.7 Å². The summed E-state index contributed by atoms with van der Waals surface area (Å²) in [5.41, 5.74) is 0.195. The summed E-state index contributed by atoms with van der Waals surface area (Å²) >= 11 is 0. The third-order valence-corrected chi connectivity index (χ3v) is 9.75. The van der Waals surface area contributed by atoms with Gasteiger partial charge in [0, 0.05) is 22.5 Å². The van der Waals surface area contributed by atoms with E-state index in [0.29, 0.717) is 17.8 Å². The minimum absolute atomic E-state index is 0.0390. The van der Waals surface area contributed by atoms with Crippen LogP contribution in [0.15, 0.2) is 17.1 Å². The molecule has 3 heteroatoms. The van der Waals surface area contributed by atoms with E-state index >= 15 is 0 Å². The standard InChI is InChI=1S/C20H27NO2/c1-11-12-8-13-15-19-5-3-4-17(2,10-21-15)20(19,23)7-6-18(13,16(11)22)14(19)9-12/h10,12-16,22-23H,1,3-9H2,2H3/t12-,13+,14?,15+,16-,17-,18+,19-,20-/m0/s1. The molecule has 3 nitrogen and oxygen atoms in total. The van der Waals surface area contributed by atoms with Crippen molar-refractivity contribution in [3.63, 3.8) is 0 Å². The Balaban J connectivity index is 1.67. The summed E-state index contributed by atoms with van der Waals surface area (Å²) in [4.78, 5) is 5.11. The van der Waals surface area contributed by atoms with Crippen molar-refractivity contribution in [1.29, 1.82) is 0 Å². The molecule has 0 saturated heterocycles. The number of hydrogen-bond donors (Lipinski definition) is 2. The molecule has 124 valence electrons. The van der Waals surface area contributed by atoms with Crippen LogP contribution in [0, 0.1) is 34.0 Å². The lowest BCUT2D eigenvalue weighted by atomic mass is 9.38. The maximum absolute atomic E-state index is 12.0. The van der Waals surface area contributed by atoms with Gasteiger partial charge in [0.1, 0.15) is 0 Å². The largest absolute Gasteiger partial charge is 0.388 e. The molecule has 2 N–H and O–H groups in total. The normalized spacial score (nSPS) is 67.6. The van der Waals surface area contributed by atoms with Crippen molar-refractivity contribution in [3.05, 3.63) is 12.2 Å². The van der Waals surface area contributed by atoms with Crippen molar-refractivity contribution in [2.45, 2.75) is 69.6 Å².